The summed E-state index contributed by atoms with van der Waals surface area (Å²) in [5.41, 5.74) is 0. The number of fused-ring (bicyclic) bond motifs is 1. The Morgan fingerprint density at radius 1 is 1.09 bits per heavy atom. The molecule has 1 saturated carbocycles. The van der Waals surface area contributed by atoms with Crippen molar-refractivity contribution in [1.29, 1.82) is 0 Å². The summed E-state index contributed by atoms with van der Waals surface area (Å²) in [6.07, 6.45) is 3.99. The van der Waals surface area contributed by atoms with Gasteiger partial charge in [-0.05, 0) is 33.4 Å². The van der Waals surface area contributed by atoms with Crippen molar-refractivity contribution in [3.63, 3.8) is 0 Å². The molecule has 0 aromatic heterocycles. The van der Waals surface area contributed by atoms with Gasteiger partial charge in [-0.15, -0.1) is 0 Å². The Morgan fingerprint density at radius 2 is 1.82 bits per heavy atom. The second kappa shape index (κ2) is 2.53. The predicted molar refractivity (Wildman–Crippen MR) is 46.1 cm³/mol. The van der Waals surface area contributed by atoms with Gasteiger partial charge in [-0.3, -0.25) is 0 Å². The van der Waals surface area contributed by atoms with Gasteiger partial charge in [0, 0.05) is 17.9 Å². The van der Waals surface area contributed by atoms with Crippen LogP contribution in [0.1, 0.15) is 19.3 Å². The lowest BCUT2D eigenvalue weighted by molar-refractivity contribution is 0.177. The van der Waals surface area contributed by atoms with Crippen molar-refractivity contribution in [3.05, 3.63) is 0 Å². The van der Waals surface area contributed by atoms with E-state index in [2.05, 4.69) is 30.8 Å². The summed E-state index contributed by atoms with van der Waals surface area (Å²) in [5, 5.41) is 0. The maximum absolute atomic E-state index is 3.26. The standard InChI is InChI=1S/C10H15N/c1-11(2)10-6-5-8-3-4-9(8)7-10/h8-10H,5-7H2,1-2H3/t8-,9+,10-/m1/s1. The van der Waals surface area contributed by atoms with Crippen LogP contribution in [0.5, 0.6) is 0 Å². The van der Waals surface area contributed by atoms with E-state index in [0.717, 1.165) is 17.9 Å². The van der Waals surface area contributed by atoms with Gasteiger partial charge in [-0.1, -0.05) is 11.8 Å². The topological polar surface area (TPSA) is 3.24 Å². The molecule has 0 aromatic rings. The molecule has 0 spiro atoms. The second-order valence-corrected chi connectivity index (χ2v) is 3.93. The number of hydrogen-bond donors (Lipinski definition) is 0. The van der Waals surface area contributed by atoms with Crippen molar-refractivity contribution >= 4 is 0 Å². The lowest BCUT2D eigenvalue weighted by Gasteiger charge is -2.37. The van der Waals surface area contributed by atoms with Crippen molar-refractivity contribution in [2.45, 2.75) is 25.3 Å². The average Bonchev–Trinajstić information content (AvgIpc) is 1.91. The molecule has 0 aromatic carbocycles. The van der Waals surface area contributed by atoms with Crippen LogP contribution in [0, 0.1) is 23.7 Å². The van der Waals surface area contributed by atoms with E-state index in [1.807, 2.05) is 0 Å². The van der Waals surface area contributed by atoms with Crippen LogP contribution in [0.25, 0.3) is 0 Å². The highest BCUT2D eigenvalue weighted by Gasteiger charge is 2.32. The minimum Gasteiger partial charge on any atom is -0.306 e. The smallest absolute Gasteiger partial charge is 0.0355 e. The molecular weight excluding hydrogens is 134 g/mol. The van der Waals surface area contributed by atoms with Crippen LogP contribution in [0.15, 0.2) is 0 Å². The number of nitrogens with zero attached hydrogens (tertiary/aromatic N) is 1. The lowest BCUT2D eigenvalue weighted by atomic mass is 9.72. The summed E-state index contributed by atoms with van der Waals surface area (Å²) in [4.78, 5) is 2.34. The molecule has 0 bridgehead atoms. The quantitative estimate of drug-likeness (QED) is 0.509. The first-order chi connectivity index (χ1) is 5.27. The van der Waals surface area contributed by atoms with Crippen LogP contribution in [0.2, 0.25) is 0 Å². The van der Waals surface area contributed by atoms with Gasteiger partial charge in [-0.2, -0.15) is 0 Å². The first kappa shape index (κ1) is 7.18. The summed E-state index contributed by atoms with van der Waals surface area (Å²) in [6.45, 7) is 0. The molecule has 2 rings (SSSR count). The van der Waals surface area contributed by atoms with Crippen LogP contribution < -0.4 is 0 Å². The summed E-state index contributed by atoms with van der Waals surface area (Å²) >= 11 is 0. The lowest BCUT2D eigenvalue weighted by Crippen LogP contribution is -2.38. The summed E-state index contributed by atoms with van der Waals surface area (Å²) in [6, 6.07) is 0.797. The highest BCUT2D eigenvalue weighted by molar-refractivity contribution is 5.24. The Labute approximate surface area is 68.8 Å². The molecule has 0 unspecified atom stereocenters. The first-order valence-electron chi connectivity index (χ1n) is 4.45. The molecule has 0 amide bonds. The monoisotopic (exact) mass is 149 g/mol. The van der Waals surface area contributed by atoms with Gasteiger partial charge >= 0.3 is 0 Å². The Bertz CT molecular complexity index is 209. The average molecular weight is 149 g/mol. The molecule has 0 saturated heterocycles. The zero-order chi connectivity index (χ0) is 7.84. The van der Waals surface area contributed by atoms with Gasteiger partial charge in [0.2, 0.25) is 0 Å². The minimum absolute atomic E-state index is 0.746. The molecule has 1 fully saturated rings. The highest BCUT2D eigenvalue weighted by Crippen LogP contribution is 2.35. The molecule has 2 aliphatic carbocycles. The molecule has 11 heavy (non-hydrogen) atoms. The number of hydrogen-bond acceptors (Lipinski definition) is 1. The third-order valence-corrected chi connectivity index (χ3v) is 3.01. The van der Waals surface area contributed by atoms with E-state index >= 15 is 0 Å². The normalized spacial score (nSPS) is 40.5. The van der Waals surface area contributed by atoms with Gasteiger partial charge in [0.05, 0.1) is 0 Å². The Hall–Kier alpha value is -0.480. The fourth-order valence-corrected chi connectivity index (χ4v) is 2.07. The molecule has 60 valence electrons. The van der Waals surface area contributed by atoms with E-state index in [-0.39, 0.29) is 0 Å². The summed E-state index contributed by atoms with van der Waals surface area (Å²) in [7, 11) is 4.36. The van der Waals surface area contributed by atoms with Crippen molar-refractivity contribution < 1.29 is 0 Å². The van der Waals surface area contributed by atoms with Crippen LogP contribution in [-0.2, 0) is 0 Å². The van der Waals surface area contributed by atoms with E-state index in [4.69, 9.17) is 0 Å². The van der Waals surface area contributed by atoms with Crippen molar-refractivity contribution in [2.24, 2.45) is 11.8 Å². The van der Waals surface area contributed by atoms with E-state index < -0.39 is 0 Å². The van der Waals surface area contributed by atoms with E-state index in [1.165, 1.54) is 19.3 Å². The summed E-state index contributed by atoms with van der Waals surface area (Å²) in [5.74, 6) is 8.01. The van der Waals surface area contributed by atoms with E-state index in [9.17, 15) is 0 Å². The molecule has 0 heterocycles. The molecule has 0 radical (unpaired) electrons. The van der Waals surface area contributed by atoms with Gasteiger partial charge < -0.3 is 4.90 Å². The Kier molecular flexibility index (Phi) is 1.65. The van der Waals surface area contributed by atoms with E-state index in [1.54, 1.807) is 0 Å². The molecule has 0 N–H and O–H groups in total. The zero-order valence-electron chi connectivity index (χ0n) is 7.30. The third-order valence-electron chi connectivity index (χ3n) is 3.01. The van der Waals surface area contributed by atoms with Crippen molar-refractivity contribution in [2.75, 3.05) is 14.1 Å². The Morgan fingerprint density at radius 3 is 2.27 bits per heavy atom. The molecule has 1 heteroatoms. The molecule has 3 atom stereocenters. The van der Waals surface area contributed by atoms with E-state index in [0.29, 0.717) is 0 Å². The Balaban J connectivity index is 1.96. The maximum atomic E-state index is 3.26. The zero-order valence-corrected chi connectivity index (χ0v) is 7.30. The van der Waals surface area contributed by atoms with Crippen LogP contribution in [0.4, 0.5) is 0 Å². The second-order valence-electron chi connectivity index (χ2n) is 3.93. The van der Waals surface area contributed by atoms with Crippen LogP contribution >= 0.6 is 0 Å². The summed E-state index contributed by atoms with van der Waals surface area (Å²) < 4.78 is 0. The van der Waals surface area contributed by atoms with Crippen LogP contribution in [-0.4, -0.2) is 25.0 Å². The molecule has 0 aliphatic heterocycles. The highest BCUT2D eigenvalue weighted by atomic mass is 15.1. The van der Waals surface area contributed by atoms with Gasteiger partial charge in [-0.25, -0.2) is 0 Å². The van der Waals surface area contributed by atoms with Gasteiger partial charge in [0.1, 0.15) is 0 Å². The largest absolute Gasteiger partial charge is 0.306 e. The fourth-order valence-electron chi connectivity index (χ4n) is 2.07. The molecule has 1 nitrogen and oxygen atoms in total. The van der Waals surface area contributed by atoms with Gasteiger partial charge in [0.25, 0.3) is 0 Å². The predicted octanol–water partition coefficient (Wildman–Crippen LogP) is 1.35. The van der Waals surface area contributed by atoms with Gasteiger partial charge in [0.15, 0.2) is 0 Å². The third kappa shape index (κ3) is 1.16. The maximum Gasteiger partial charge on any atom is 0.0355 e. The van der Waals surface area contributed by atoms with Crippen LogP contribution in [0.3, 0.4) is 0 Å². The fraction of sp³-hybridized carbons (Fsp3) is 0.800. The van der Waals surface area contributed by atoms with Crippen molar-refractivity contribution in [1.82, 2.24) is 4.90 Å². The first-order valence-corrected chi connectivity index (χ1v) is 4.45. The SMILES string of the molecule is CN(C)[C@@H]1CC[C@H]2C#C[C@H]2C1. The van der Waals surface area contributed by atoms with Crippen molar-refractivity contribution in [3.8, 4) is 11.8 Å². The number of rotatable bonds is 1. The molecular formula is C10H15N. The minimum atomic E-state index is 0.746. The molecule has 2 aliphatic rings.